The highest BCUT2D eigenvalue weighted by atomic mass is 16.7. The van der Waals surface area contributed by atoms with Gasteiger partial charge in [-0.1, -0.05) is 42.3 Å². The molecule has 2 N–H and O–H groups in total. The standard InChI is InChI=1S/C48H60N4O10/c1-4-25-60-48-44(50(2)45(55)28-34-10-9-12-37(27-34)58-3)31-42(49-61-32-33-14-16-36(17-15-33)52(56)57)40-29-35(11-5-7-23-53)39(13-6-8-24-54)46(47(40)48)41-30-38(18-19-43(41)62-48)59-26-22-51-20-21-51/h4,9-10,12,14-19,27,29-30,35,39,44,46-47,53-54H,1,5-8,11,13,20-26,28,31-32H2,2-3H3. The number of nitro benzene ring substituents is 1. The number of benzene rings is 3. The summed E-state index contributed by atoms with van der Waals surface area (Å²) < 4.78 is 26.1. The molecule has 332 valence electrons. The Morgan fingerprint density at radius 2 is 1.81 bits per heavy atom. The summed E-state index contributed by atoms with van der Waals surface area (Å²) in [6, 6.07) is 19.0. The number of allylic oxidation sites excluding steroid dienone is 1. The van der Waals surface area contributed by atoms with E-state index in [1.54, 1.807) is 37.3 Å². The van der Waals surface area contributed by atoms with Crippen molar-refractivity contribution in [3.8, 4) is 17.2 Å². The average molecular weight is 853 g/mol. The number of likely N-dealkylation sites (N-methyl/N-ethyl adjacent to an activating group) is 1. The number of hydrogen-bond donors (Lipinski definition) is 2. The van der Waals surface area contributed by atoms with Gasteiger partial charge in [-0.05, 0) is 96.7 Å². The maximum Gasteiger partial charge on any atom is 0.269 e. The Hall–Kier alpha value is -5.28. The predicted octanol–water partition coefficient (Wildman–Crippen LogP) is 6.83. The topological polar surface area (TPSA) is 165 Å². The second-order valence-corrected chi connectivity index (χ2v) is 16.7. The number of aliphatic hydroxyl groups excluding tert-OH is 2. The van der Waals surface area contributed by atoms with E-state index in [-0.39, 0.29) is 68.6 Å². The number of fused-ring (bicyclic) bond motifs is 2. The van der Waals surface area contributed by atoms with Crippen molar-refractivity contribution in [3.63, 3.8) is 0 Å². The van der Waals surface area contributed by atoms with Crippen molar-refractivity contribution in [1.29, 1.82) is 0 Å². The maximum absolute atomic E-state index is 14.6. The third kappa shape index (κ3) is 10.2. The Labute approximate surface area is 363 Å². The van der Waals surface area contributed by atoms with Crippen LogP contribution < -0.4 is 14.2 Å². The number of non-ortho nitro benzene ring substituents is 1. The van der Waals surface area contributed by atoms with Gasteiger partial charge in [-0.15, -0.1) is 6.58 Å². The molecule has 0 aromatic heterocycles. The molecule has 0 bridgehead atoms. The van der Waals surface area contributed by atoms with E-state index in [1.165, 1.54) is 12.1 Å². The minimum absolute atomic E-state index is 0.0151. The Balaban J connectivity index is 1.36. The summed E-state index contributed by atoms with van der Waals surface area (Å²) in [6.45, 7) is 7.98. The number of unbranched alkanes of at least 4 members (excludes halogenated alkanes) is 2. The average Bonchev–Trinajstić information content (AvgIpc) is 4.11. The van der Waals surface area contributed by atoms with E-state index in [0.717, 1.165) is 67.8 Å². The summed E-state index contributed by atoms with van der Waals surface area (Å²) in [5.74, 6) is -0.0146. The first kappa shape index (κ1) is 44.8. The molecule has 0 radical (unpaired) electrons. The molecule has 1 saturated carbocycles. The number of methoxy groups -OCH3 is 1. The normalized spacial score (nSPS) is 24.2. The van der Waals surface area contributed by atoms with Gasteiger partial charge >= 0.3 is 0 Å². The lowest BCUT2D eigenvalue weighted by atomic mass is 9.55. The van der Waals surface area contributed by atoms with Crippen LogP contribution in [0.15, 0.2) is 96.2 Å². The Kier molecular flexibility index (Phi) is 15.0. The predicted molar refractivity (Wildman–Crippen MR) is 234 cm³/mol. The second-order valence-electron chi connectivity index (χ2n) is 16.7. The first-order valence-electron chi connectivity index (χ1n) is 21.9. The van der Waals surface area contributed by atoms with Crippen LogP contribution in [-0.4, -0.2) is 109 Å². The third-order valence-corrected chi connectivity index (χ3v) is 12.8. The molecule has 2 aliphatic carbocycles. The van der Waals surface area contributed by atoms with Crippen LogP contribution in [0.3, 0.4) is 0 Å². The molecule has 0 spiro atoms. The van der Waals surface area contributed by atoms with Crippen LogP contribution >= 0.6 is 0 Å². The summed E-state index contributed by atoms with van der Waals surface area (Å²) in [5, 5.41) is 36.0. The number of aliphatic hydroxyl groups is 2. The van der Waals surface area contributed by atoms with Crippen LogP contribution in [0.25, 0.3) is 0 Å². The minimum atomic E-state index is -1.39. The van der Waals surface area contributed by atoms with Crippen molar-refractivity contribution in [1.82, 2.24) is 9.80 Å². The number of carbonyl (C=O) groups is 1. The van der Waals surface area contributed by atoms with Crippen LogP contribution in [0.5, 0.6) is 17.2 Å². The number of rotatable bonds is 23. The van der Waals surface area contributed by atoms with Gasteiger partial charge in [0, 0.05) is 69.9 Å². The van der Waals surface area contributed by atoms with Crippen molar-refractivity contribution in [3.05, 3.63) is 118 Å². The Bertz CT molecular complexity index is 2090. The zero-order valence-electron chi connectivity index (χ0n) is 35.9. The summed E-state index contributed by atoms with van der Waals surface area (Å²) in [4.78, 5) is 35.6. The molecule has 2 heterocycles. The fourth-order valence-corrected chi connectivity index (χ4v) is 9.56. The van der Waals surface area contributed by atoms with E-state index < -0.39 is 22.7 Å². The van der Waals surface area contributed by atoms with Crippen LogP contribution in [0, 0.1) is 27.9 Å². The van der Waals surface area contributed by atoms with E-state index in [0.29, 0.717) is 42.2 Å². The fourth-order valence-electron chi connectivity index (χ4n) is 9.56. The number of amides is 1. The van der Waals surface area contributed by atoms with Gasteiger partial charge in [0.2, 0.25) is 11.7 Å². The Morgan fingerprint density at radius 1 is 1.03 bits per heavy atom. The summed E-state index contributed by atoms with van der Waals surface area (Å²) >= 11 is 0. The largest absolute Gasteiger partial charge is 0.497 e. The molecule has 1 saturated heterocycles. The summed E-state index contributed by atoms with van der Waals surface area (Å²) in [6.07, 6.45) is 8.90. The molecule has 4 aliphatic rings. The van der Waals surface area contributed by atoms with Crippen molar-refractivity contribution in [2.45, 2.75) is 75.7 Å². The van der Waals surface area contributed by atoms with Crippen molar-refractivity contribution < 1.29 is 43.7 Å². The molecular formula is C48H60N4O10. The van der Waals surface area contributed by atoms with Gasteiger partial charge in [0.05, 0.1) is 36.7 Å². The molecular weight excluding hydrogens is 793 g/mol. The van der Waals surface area contributed by atoms with Gasteiger partial charge in [-0.25, -0.2) is 0 Å². The molecule has 1 amide bonds. The van der Waals surface area contributed by atoms with E-state index in [9.17, 15) is 25.1 Å². The lowest BCUT2D eigenvalue weighted by Crippen LogP contribution is -2.69. The number of carbonyl (C=O) groups excluding carboxylic acids is 1. The molecule has 6 atom stereocenters. The first-order chi connectivity index (χ1) is 30.2. The van der Waals surface area contributed by atoms with Crippen LogP contribution in [0.4, 0.5) is 5.69 Å². The molecule has 2 fully saturated rings. The van der Waals surface area contributed by atoms with E-state index in [4.69, 9.17) is 28.9 Å². The molecule has 14 heteroatoms. The number of nitrogens with zero attached hydrogens (tertiary/aromatic N) is 4. The lowest BCUT2D eigenvalue weighted by molar-refractivity contribution is -0.384. The van der Waals surface area contributed by atoms with E-state index in [1.807, 2.05) is 36.4 Å². The highest BCUT2D eigenvalue weighted by Crippen LogP contribution is 2.62. The van der Waals surface area contributed by atoms with Gasteiger partial charge in [0.1, 0.15) is 36.5 Å². The van der Waals surface area contributed by atoms with Crippen LogP contribution in [-0.2, 0) is 27.4 Å². The number of oxime groups is 1. The van der Waals surface area contributed by atoms with Gasteiger partial charge < -0.3 is 38.9 Å². The maximum atomic E-state index is 14.6. The zero-order valence-corrected chi connectivity index (χ0v) is 35.9. The second kappa shape index (κ2) is 20.7. The molecule has 14 nitrogen and oxygen atoms in total. The summed E-state index contributed by atoms with van der Waals surface area (Å²) in [7, 11) is 3.39. The molecule has 2 aliphatic heterocycles. The SMILES string of the molecule is C=CCOC12Oc3ccc(OCCN4CC4)cc3C3C(CCCCO)C(CCCCO)C=C(C(=NOCc4ccc([N+](=O)[O-])cc4)CC1N(C)C(=O)Cc1cccc(OC)c1)C32. The smallest absolute Gasteiger partial charge is 0.269 e. The Morgan fingerprint density at radius 3 is 2.52 bits per heavy atom. The fraction of sp³-hybridized carbons (Fsp3) is 0.500. The molecule has 6 unspecified atom stereocenters. The van der Waals surface area contributed by atoms with E-state index >= 15 is 0 Å². The van der Waals surface area contributed by atoms with Crippen molar-refractivity contribution in [2.24, 2.45) is 22.9 Å². The monoisotopic (exact) mass is 852 g/mol. The van der Waals surface area contributed by atoms with Crippen molar-refractivity contribution in [2.75, 3.05) is 60.2 Å². The van der Waals surface area contributed by atoms with Gasteiger partial charge in [-0.3, -0.25) is 19.8 Å². The lowest BCUT2D eigenvalue weighted by Gasteiger charge is -2.59. The quantitative estimate of drug-likeness (QED) is 0.0338. The van der Waals surface area contributed by atoms with Gasteiger partial charge in [0.25, 0.3) is 5.69 Å². The zero-order chi connectivity index (χ0) is 43.6. The van der Waals surface area contributed by atoms with Crippen LogP contribution in [0.1, 0.15) is 67.6 Å². The molecule has 62 heavy (non-hydrogen) atoms. The third-order valence-electron chi connectivity index (χ3n) is 12.8. The first-order valence-corrected chi connectivity index (χ1v) is 21.9. The highest BCUT2D eigenvalue weighted by molar-refractivity contribution is 6.03. The van der Waals surface area contributed by atoms with Crippen molar-refractivity contribution >= 4 is 17.3 Å². The number of hydrogen-bond acceptors (Lipinski definition) is 12. The van der Waals surface area contributed by atoms with Crippen LogP contribution in [0.2, 0.25) is 0 Å². The minimum Gasteiger partial charge on any atom is -0.497 e. The van der Waals surface area contributed by atoms with Gasteiger partial charge in [-0.2, -0.15) is 0 Å². The summed E-state index contributed by atoms with van der Waals surface area (Å²) in [5.41, 5.74) is 4.05. The van der Waals surface area contributed by atoms with E-state index in [2.05, 4.69) is 23.6 Å². The number of ether oxygens (including phenoxy) is 4. The molecule has 3 aromatic rings. The molecule has 3 aromatic carbocycles. The highest BCUT2D eigenvalue weighted by Gasteiger charge is 2.65. The molecule has 7 rings (SSSR count). The van der Waals surface area contributed by atoms with Gasteiger partial charge in [0.15, 0.2) is 0 Å². The number of nitro groups is 1.